The molecule has 4 N–H and O–H groups in total. The standard InChI is InChI=1S/C10H22N2O2/c1-9(2,6-11)7-14-10(3,4)5-8(12)13/h5-7,11H2,1-4H3,(H2,12,13). The molecule has 0 aliphatic heterocycles. The van der Waals surface area contributed by atoms with Crippen LogP contribution in [-0.2, 0) is 9.53 Å². The number of primary amides is 1. The average Bonchev–Trinajstić information content (AvgIpc) is 1.99. The summed E-state index contributed by atoms with van der Waals surface area (Å²) in [6.45, 7) is 8.83. The lowest BCUT2D eigenvalue weighted by atomic mass is 9.94. The molecule has 0 heterocycles. The van der Waals surface area contributed by atoms with Gasteiger partial charge in [0.05, 0.1) is 18.6 Å². The molecule has 0 aromatic carbocycles. The molecule has 0 radical (unpaired) electrons. The summed E-state index contributed by atoms with van der Waals surface area (Å²) in [7, 11) is 0. The van der Waals surface area contributed by atoms with Crippen molar-refractivity contribution in [3.8, 4) is 0 Å². The zero-order valence-electron chi connectivity index (χ0n) is 9.59. The van der Waals surface area contributed by atoms with Crippen molar-refractivity contribution in [3.05, 3.63) is 0 Å². The van der Waals surface area contributed by atoms with Crippen LogP contribution in [0.4, 0.5) is 0 Å². The van der Waals surface area contributed by atoms with Crippen LogP contribution in [0.1, 0.15) is 34.1 Å². The van der Waals surface area contributed by atoms with E-state index >= 15 is 0 Å². The van der Waals surface area contributed by atoms with Crippen LogP contribution in [0.15, 0.2) is 0 Å². The molecule has 0 spiro atoms. The van der Waals surface area contributed by atoms with Gasteiger partial charge in [-0.15, -0.1) is 0 Å². The van der Waals surface area contributed by atoms with Crippen molar-refractivity contribution in [2.24, 2.45) is 16.9 Å². The molecule has 0 aromatic heterocycles. The number of carbonyl (C=O) groups excluding carboxylic acids is 1. The van der Waals surface area contributed by atoms with Gasteiger partial charge in [-0.2, -0.15) is 0 Å². The van der Waals surface area contributed by atoms with Crippen LogP contribution >= 0.6 is 0 Å². The van der Waals surface area contributed by atoms with Gasteiger partial charge in [0, 0.05) is 5.41 Å². The van der Waals surface area contributed by atoms with E-state index in [9.17, 15) is 4.79 Å². The second kappa shape index (κ2) is 4.75. The number of rotatable bonds is 6. The third kappa shape index (κ3) is 5.94. The Balaban J connectivity index is 4.04. The predicted molar refractivity (Wildman–Crippen MR) is 56.7 cm³/mol. The number of hydrogen-bond donors (Lipinski definition) is 2. The fourth-order valence-corrected chi connectivity index (χ4v) is 0.920. The molecule has 0 fully saturated rings. The summed E-state index contributed by atoms with van der Waals surface area (Å²) < 4.78 is 5.62. The van der Waals surface area contributed by atoms with Crippen LogP contribution < -0.4 is 11.5 Å². The Hall–Kier alpha value is -0.610. The van der Waals surface area contributed by atoms with Crippen LogP contribution in [0.2, 0.25) is 0 Å². The smallest absolute Gasteiger partial charge is 0.220 e. The predicted octanol–water partition coefficient (Wildman–Crippen LogP) is 0.642. The minimum Gasteiger partial charge on any atom is -0.374 e. The first kappa shape index (κ1) is 13.4. The van der Waals surface area contributed by atoms with Gasteiger partial charge in [-0.25, -0.2) is 0 Å². The minimum atomic E-state index is -0.502. The molecule has 0 aromatic rings. The first-order chi connectivity index (χ1) is 6.18. The fourth-order valence-electron chi connectivity index (χ4n) is 0.920. The van der Waals surface area contributed by atoms with Gasteiger partial charge in [0.25, 0.3) is 0 Å². The summed E-state index contributed by atoms with van der Waals surface area (Å²) in [6.07, 6.45) is 0.230. The van der Waals surface area contributed by atoms with Crippen molar-refractivity contribution < 1.29 is 9.53 Å². The van der Waals surface area contributed by atoms with Gasteiger partial charge in [0.15, 0.2) is 0 Å². The van der Waals surface area contributed by atoms with Gasteiger partial charge in [-0.3, -0.25) is 4.79 Å². The molecule has 0 aliphatic carbocycles. The molecule has 84 valence electrons. The number of hydrogen-bond acceptors (Lipinski definition) is 3. The molecule has 0 bridgehead atoms. The fraction of sp³-hybridized carbons (Fsp3) is 0.900. The zero-order valence-corrected chi connectivity index (χ0v) is 9.59. The van der Waals surface area contributed by atoms with Crippen molar-refractivity contribution in [1.82, 2.24) is 0 Å². The normalized spacial score (nSPS) is 12.9. The van der Waals surface area contributed by atoms with Gasteiger partial charge in [0.2, 0.25) is 5.91 Å². The molecule has 1 amide bonds. The molecular weight excluding hydrogens is 180 g/mol. The van der Waals surface area contributed by atoms with E-state index in [2.05, 4.69) is 0 Å². The molecule has 4 nitrogen and oxygen atoms in total. The van der Waals surface area contributed by atoms with Gasteiger partial charge in [-0.1, -0.05) is 13.8 Å². The summed E-state index contributed by atoms with van der Waals surface area (Å²) in [5.74, 6) is -0.347. The summed E-state index contributed by atoms with van der Waals surface area (Å²) in [5, 5.41) is 0. The molecule has 14 heavy (non-hydrogen) atoms. The van der Waals surface area contributed by atoms with Crippen molar-refractivity contribution in [2.75, 3.05) is 13.2 Å². The SMILES string of the molecule is CC(C)(CN)COC(C)(C)CC(N)=O. The lowest BCUT2D eigenvalue weighted by molar-refractivity contribution is -0.126. The van der Waals surface area contributed by atoms with Crippen molar-refractivity contribution >= 4 is 5.91 Å². The largest absolute Gasteiger partial charge is 0.374 e. The first-order valence-electron chi connectivity index (χ1n) is 4.81. The molecule has 0 saturated carbocycles. The van der Waals surface area contributed by atoms with Crippen molar-refractivity contribution in [2.45, 2.75) is 39.7 Å². The van der Waals surface area contributed by atoms with Crippen LogP contribution in [0.25, 0.3) is 0 Å². The van der Waals surface area contributed by atoms with Gasteiger partial charge < -0.3 is 16.2 Å². The first-order valence-corrected chi connectivity index (χ1v) is 4.81. The molecule has 0 saturated heterocycles. The van der Waals surface area contributed by atoms with Crippen LogP contribution in [0, 0.1) is 5.41 Å². The summed E-state index contributed by atoms with van der Waals surface area (Å²) in [4.78, 5) is 10.7. The van der Waals surface area contributed by atoms with Gasteiger partial charge >= 0.3 is 0 Å². The van der Waals surface area contributed by atoms with Gasteiger partial charge in [0.1, 0.15) is 0 Å². The van der Waals surface area contributed by atoms with Gasteiger partial charge in [-0.05, 0) is 20.4 Å². The Bertz CT molecular complexity index is 200. The van der Waals surface area contributed by atoms with E-state index in [-0.39, 0.29) is 17.7 Å². The van der Waals surface area contributed by atoms with E-state index in [1.165, 1.54) is 0 Å². The van der Waals surface area contributed by atoms with Crippen molar-refractivity contribution in [1.29, 1.82) is 0 Å². The number of amides is 1. The molecule has 0 atom stereocenters. The zero-order chi connectivity index (χ0) is 11.4. The van der Waals surface area contributed by atoms with E-state index in [0.29, 0.717) is 13.2 Å². The van der Waals surface area contributed by atoms with Crippen LogP contribution in [0.5, 0.6) is 0 Å². The Morgan fingerprint density at radius 3 is 2.14 bits per heavy atom. The van der Waals surface area contributed by atoms with E-state index in [4.69, 9.17) is 16.2 Å². The summed E-state index contributed by atoms with van der Waals surface area (Å²) in [6, 6.07) is 0. The highest BCUT2D eigenvalue weighted by molar-refractivity contribution is 5.74. The highest BCUT2D eigenvalue weighted by Crippen LogP contribution is 2.20. The summed E-state index contributed by atoms with van der Waals surface area (Å²) >= 11 is 0. The number of carbonyl (C=O) groups is 1. The topological polar surface area (TPSA) is 78.3 Å². The Morgan fingerprint density at radius 2 is 1.79 bits per heavy atom. The third-order valence-electron chi connectivity index (χ3n) is 2.01. The number of ether oxygens (including phenoxy) is 1. The monoisotopic (exact) mass is 202 g/mol. The molecular formula is C10H22N2O2. The maximum Gasteiger partial charge on any atom is 0.220 e. The highest BCUT2D eigenvalue weighted by Gasteiger charge is 2.25. The Labute approximate surface area is 86.0 Å². The molecule has 0 unspecified atom stereocenters. The second-order valence-electron chi connectivity index (χ2n) is 5.06. The van der Waals surface area contributed by atoms with E-state index in [0.717, 1.165) is 0 Å². The van der Waals surface area contributed by atoms with E-state index < -0.39 is 5.60 Å². The second-order valence-corrected chi connectivity index (χ2v) is 5.06. The maximum absolute atomic E-state index is 10.7. The number of nitrogens with two attached hydrogens (primary N) is 2. The minimum absolute atomic E-state index is 0.0606. The highest BCUT2D eigenvalue weighted by atomic mass is 16.5. The van der Waals surface area contributed by atoms with Crippen LogP contribution in [0.3, 0.4) is 0 Å². The molecule has 4 heteroatoms. The van der Waals surface area contributed by atoms with Crippen molar-refractivity contribution in [3.63, 3.8) is 0 Å². The molecule has 0 rings (SSSR count). The Morgan fingerprint density at radius 1 is 1.29 bits per heavy atom. The van der Waals surface area contributed by atoms with E-state index in [1.807, 2.05) is 27.7 Å². The van der Waals surface area contributed by atoms with E-state index in [1.54, 1.807) is 0 Å². The maximum atomic E-state index is 10.7. The lowest BCUT2D eigenvalue weighted by Gasteiger charge is -2.30. The quantitative estimate of drug-likeness (QED) is 0.663. The third-order valence-corrected chi connectivity index (χ3v) is 2.01. The lowest BCUT2D eigenvalue weighted by Crippen LogP contribution is -2.37. The Kier molecular flexibility index (Phi) is 4.55. The summed E-state index contributed by atoms with van der Waals surface area (Å²) in [5.41, 5.74) is 10.1. The molecule has 0 aliphatic rings. The van der Waals surface area contributed by atoms with Crippen LogP contribution in [-0.4, -0.2) is 24.7 Å². The average molecular weight is 202 g/mol.